The van der Waals surface area contributed by atoms with Crippen LogP contribution in [0.1, 0.15) is 39.1 Å². The largest absolute Gasteiger partial charge is 0.481 e. The standard InChI is InChI=1S/C15H20N4O3S.C6H5F.C3H6O2.C2H6/c1-2-22-15(20)11-9-17-13(14-16-3-8-23-14)18-12(11)10-19-4-6-21-7-5-19;7-6-4-2-1-3-5-6;1-2-3(4)5;1-2/h3,8H,2,4-7,9-10H2,1H3,(H,17,18);1-5H;2H2,1H3,(H,4,5);1-2H3. The number of rotatable bonds is 6. The third-order valence-corrected chi connectivity index (χ3v) is 5.49. The highest BCUT2D eigenvalue weighted by Gasteiger charge is 2.25. The zero-order valence-corrected chi connectivity index (χ0v) is 22.7. The lowest BCUT2D eigenvalue weighted by Crippen LogP contribution is -2.43. The van der Waals surface area contributed by atoms with Crippen LogP contribution in [0.25, 0.3) is 0 Å². The molecule has 0 bridgehead atoms. The van der Waals surface area contributed by atoms with Gasteiger partial charge < -0.3 is 19.9 Å². The molecule has 0 amide bonds. The van der Waals surface area contributed by atoms with E-state index in [0.29, 0.717) is 25.3 Å². The molecular weight excluding hydrogens is 499 g/mol. The van der Waals surface area contributed by atoms with Gasteiger partial charge in [-0.1, -0.05) is 39.0 Å². The summed E-state index contributed by atoms with van der Waals surface area (Å²) in [5.41, 5.74) is 1.45. The topological polar surface area (TPSA) is 113 Å². The summed E-state index contributed by atoms with van der Waals surface area (Å²) in [4.78, 5) is 32.6. The number of carboxylic acids is 1. The first-order valence-electron chi connectivity index (χ1n) is 12.3. The number of carbonyl (C=O) groups is 2. The number of carboxylic acid groups (broad SMARTS) is 1. The molecule has 11 heteroatoms. The van der Waals surface area contributed by atoms with Gasteiger partial charge in [0.2, 0.25) is 0 Å². The number of ether oxygens (including phenoxy) is 2. The smallest absolute Gasteiger partial charge is 0.337 e. The Morgan fingerprint density at radius 2 is 1.84 bits per heavy atom. The van der Waals surface area contributed by atoms with Crippen LogP contribution in [0.2, 0.25) is 0 Å². The fraction of sp³-hybridized carbons (Fsp3) is 0.462. The maximum atomic E-state index is 12.2. The van der Waals surface area contributed by atoms with E-state index >= 15 is 0 Å². The van der Waals surface area contributed by atoms with Crippen LogP contribution in [0.3, 0.4) is 0 Å². The summed E-state index contributed by atoms with van der Waals surface area (Å²) >= 11 is 1.52. The fourth-order valence-electron chi connectivity index (χ4n) is 2.91. The molecule has 1 saturated heterocycles. The van der Waals surface area contributed by atoms with E-state index in [4.69, 9.17) is 14.6 Å². The molecule has 2 N–H and O–H groups in total. The molecule has 1 aromatic carbocycles. The fourth-order valence-corrected chi connectivity index (χ4v) is 3.51. The van der Waals surface area contributed by atoms with E-state index in [1.807, 2.05) is 19.2 Å². The molecule has 0 aliphatic carbocycles. The summed E-state index contributed by atoms with van der Waals surface area (Å²) in [7, 11) is 0. The minimum Gasteiger partial charge on any atom is -0.481 e. The summed E-state index contributed by atoms with van der Waals surface area (Å²) in [6.45, 7) is 11.9. The summed E-state index contributed by atoms with van der Waals surface area (Å²) in [5, 5.41) is 13.7. The maximum Gasteiger partial charge on any atom is 0.337 e. The van der Waals surface area contributed by atoms with Gasteiger partial charge in [0.05, 0.1) is 31.9 Å². The lowest BCUT2D eigenvalue weighted by atomic mass is 10.1. The molecule has 0 unspecified atom stereocenters. The van der Waals surface area contributed by atoms with Gasteiger partial charge in [0.25, 0.3) is 0 Å². The zero-order valence-electron chi connectivity index (χ0n) is 21.9. The van der Waals surface area contributed by atoms with E-state index in [9.17, 15) is 14.0 Å². The van der Waals surface area contributed by atoms with Crippen molar-refractivity contribution in [3.63, 3.8) is 0 Å². The van der Waals surface area contributed by atoms with Gasteiger partial charge in [-0.15, -0.1) is 11.3 Å². The number of nitrogens with one attached hydrogen (secondary N) is 1. The lowest BCUT2D eigenvalue weighted by molar-refractivity contribution is -0.139. The molecular formula is C26H37FN4O5S. The van der Waals surface area contributed by atoms with Gasteiger partial charge in [-0.05, 0) is 19.1 Å². The van der Waals surface area contributed by atoms with Crippen molar-refractivity contribution in [2.75, 3.05) is 46.0 Å². The van der Waals surface area contributed by atoms with Crippen LogP contribution in [0.5, 0.6) is 0 Å². The van der Waals surface area contributed by atoms with Gasteiger partial charge in [0.15, 0.2) is 10.8 Å². The number of nitrogens with zero attached hydrogens (tertiary/aromatic N) is 3. The van der Waals surface area contributed by atoms with Crippen molar-refractivity contribution >= 4 is 29.1 Å². The zero-order chi connectivity index (χ0) is 27.5. The molecule has 0 atom stereocenters. The molecule has 204 valence electrons. The number of benzene rings is 1. The highest BCUT2D eigenvalue weighted by molar-refractivity contribution is 7.11. The molecule has 9 nitrogen and oxygen atoms in total. The van der Waals surface area contributed by atoms with Crippen molar-refractivity contribution in [3.8, 4) is 0 Å². The average molecular weight is 537 g/mol. The summed E-state index contributed by atoms with van der Waals surface area (Å²) in [6, 6.07) is 7.94. The van der Waals surface area contributed by atoms with Crippen molar-refractivity contribution < 1.29 is 28.6 Å². The van der Waals surface area contributed by atoms with Crippen LogP contribution >= 0.6 is 11.3 Å². The van der Waals surface area contributed by atoms with Crippen LogP contribution in [-0.2, 0) is 19.1 Å². The predicted molar refractivity (Wildman–Crippen MR) is 143 cm³/mol. The molecule has 0 spiro atoms. The first-order chi connectivity index (χ1) is 17.9. The monoisotopic (exact) mass is 536 g/mol. The lowest BCUT2D eigenvalue weighted by Gasteiger charge is -2.30. The Labute approximate surface area is 222 Å². The molecule has 0 radical (unpaired) electrons. The predicted octanol–water partition coefficient (Wildman–Crippen LogP) is 3.98. The highest BCUT2D eigenvalue weighted by atomic mass is 32.1. The SMILES string of the molecule is CC.CCC(=O)O.CCOC(=O)C1=C(CN2CCOCC2)NC(c2nccs2)=NC1.Fc1ccccc1. The van der Waals surface area contributed by atoms with Crippen LogP contribution in [0.15, 0.2) is 58.2 Å². The second-order valence-electron chi connectivity index (χ2n) is 7.24. The van der Waals surface area contributed by atoms with Crippen LogP contribution in [0, 0.1) is 5.82 Å². The molecule has 37 heavy (non-hydrogen) atoms. The number of aromatic nitrogens is 1. The van der Waals surface area contributed by atoms with Gasteiger partial charge >= 0.3 is 11.9 Å². The minimum atomic E-state index is -0.745. The first kappa shape index (κ1) is 31.9. The Morgan fingerprint density at radius 3 is 2.32 bits per heavy atom. The normalized spacial score (nSPS) is 14.8. The van der Waals surface area contributed by atoms with E-state index in [0.717, 1.165) is 42.8 Å². The van der Waals surface area contributed by atoms with E-state index in [1.165, 1.54) is 23.5 Å². The Morgan fingerprint density at radius 1 is 1.19 bits per heavy atom. The quantitative estimate of drug-likeness (QED) is 0.533. The van der Waals surface area contributed by atoms with Gasteiger partial charge in [0, 0.05) is 43.3 Å². The first-order valence-corrected chi connectivity index (χ1v) is 13.1. The summed E-state index contributed by atoms with van der Waals surface area (Å²) < 4.78 is 22.5. The molecule has 2 aliphatic rings. The number of halogens is 1. The number of amidine groups is 1. The Hall–Kier alpha value is -3.15. The van der Waals surface area contributed by atoms with Crippen LogP contribution < -0.4 is 5.32 Å². The molecule has 1 fully saturated rings. The van der Waals surface area contributed by atoms with E-state index in [2.05, 4.69) is 20.2 Å². The Kier molecular flexibility index (Phi) is 16.4. The molecule has 4 rings (SSSR count). The molecule has 3 heterocycles. The number of hydrogen-bond acceptors (Lipinski definition) is 9. The number of carbonyl (C=O) groups excluding carboxylic acids is 1. The van der Waals surface area contributed by atoms with Crippen LogP contribution in [0.4, 0.5) is 4.39 Å². The van der Waals surface area contributed by atoms with Crippen LogP contribution in [-0.4, -0.2) is 78.8 Å². The van der Waals surface area contributed by atoms with E-state index < -0.39 is 5.97 Å². The second-order valence-corrected chi connectivity index (χ2v) is 8.13. The number of aliphatic carboxylic acids is 1. The van der Waals surface area contributed by atoms with Crippen molar-refractivity contribution in [2.24, 2.45) is 4.99 Å². The number of esters is 1. The van der Waals surface area contributed by atoms with Crippen molar-refractivity contribution in [1.29, 1.82) is 0 Å². The summed E-state index contributed by atoms with van der Waals surface area (Å²) in [5.74, 6) is -0.506. The van der Waals surface area contributed by atoms with Crippen molar-refractivity contribution in [2.45, 2.75) is 34.1 Å². The summed E-state index contributed by atoms with van der Waals surface area (Å²) in [6.07, 6.45) is 1.97. The third kappa shape index (κ3) is 12.6. The van der Waals surface area contributed by atoms with Crippen molar-refractivity contribution in [3.05, 3.63) is 64.0 Å². The minimum absolute atomic E-state index is 0.178. The molecule has 2 aromatic rings. The number of morpholine rings is 1. The number of aliphatic imine (C=N–C) groups is 1. The molecule has 0 saturated carbocycles. The average Bonchev–Trinajstić information content (AvgIpc) is 3.47. The second kappa shape index (κ2) is 19.0. The molecule has 2 aliphatic heterocycles. The van der Waals surface area contributed by atoms with E-state index in [-0.39, 0.29) is 18.2 Å². The Bertz CT molecular complexity index is 978. The van der Waals surface area contributed by atoms with Gasteiger partial charge in [-0.2, -0.15) is 0 Å². The van der Waals surface area contributed by atoms with E-state index in [1.54, 1.807) is 38.2 Å². The van der Waals surface area contributed by atoms with Gasteiger partial charge in [0.1, 0.15) is 5.82 Å². The van der Waals surface area contributed by atoms with Gasteiger partial charge in [-0.3, -0.25) is 14.7 Å². The van der Waals surface area contributed by atoms with Gasteiger partial charge in [-0.25, -0.2) is 14.2 Å². The van der Waals surface area contributed by atoms with Crippen molar-refractivity contribution in [1.82, 2.24) is 15.2 Å². The maximum absolute atomic E-state index is 12.2. The Balaban J connectivity index is 0.000000402. The highest BCUT2D eigenvalue weighted by Crippen LogP contribution is 2.16. The third-order valence-electron chi connectivity index (χ3n) is 4.71. The number of thiazole rings is 1. The number of hydrogen-bond donors (Lipinski definition) is 2. The molecule has 1 aromatic heterocycles.